The van der Waals surface area contributed by atoms with Crippen LogP contribution in [0.1, 0.15) is 37.0 Å². The van der Waals surface area contributed by atoms with Gasteiger partial charge >= 0.3 is 0 Å². The topological polar surface area (TPSA) is 85.6 Å². The quantitative estimate of drug-likeness (QED) is 0.277. The van der Waals surface area contributed by atoms with E-state index in [1.807, 2.05) is 43.3 Å². The minimum atomic E-state index is 0.491. The summed E-state index contributed by atoms with van der Waals surface area (Å²) < 4.78 is 13.0. The summed E-state index contributed by atoms with van der Waals surface area (Å²) in [5.74, 6) is 5.25. The van der Waals surface area contributed by atoms with Gasteiger partial charge in [-0.15, -0.1) is 10.2 Å². The van der Waals surface area contributed by atoms with Crippen LogP contribution in [0.3, 0.4) is 0 Å². The summed E-state index contributed by atoms with van der Waals surface area (Å²) in [6, 6.07) is 6.12. The van der Waals surface area contributed by atoms with E-state index in [4.69, 9.17) is 14.5 Å². The van der Waals surface area contributed by atoms with Crippen molar-refractivity contribution >= 4 is 17.7 Å². The van der Waals surface area contributed by atoms with Crippen LogP contribution in [0.25, 0.3) is 0 Å². The maximum atomic E-state index is 5.68. The highest BCUT2D eigenvalue weighted by molar-refractivity contribution is 7.98. The number of aromatic nitrogens is 3. The summed E-state index contributed by atoms with van der Waals surface area (Å²) >= 11 is 1.85. The van der Waals surface area contributed by atoms with Gasteiger partial charge < -0.3 is 24.7 Å². The molecule has 0 aliphatic heterocycles. The fraction of sp³-hybridized carbons (Fsp3) is 0.591. The molecule has 9 heteroatoms. The molecule has 0 saturated carbocycles. The number of hydrogen-bond donors (Lipinski definition) is 2. The predicted molar refractivity (Wildman–Crippen MR) is 128 cm³/mol. The normalized spacial score (nSPS) is 11.5. The van der Waals surface area contributed by atoms with Crippen molar-refractivity contribution in [3.05, 3.63) is 35.4 Å². The molecule has 0 unspecified atom stereocenters. The summed E-state index contributed by atoms with van der Waals surface area (Å²) in [5, 5.41) is 15.2. The van der Waals surface area contributed by atoms with Crippen LogP contribution in [-0.2, 0) is 20.0 Å². The maximum Gasteiger partial charge on any atom is 0.191 e. The Balaban J connectivity index is 1.89. The van der Waals surface area contributed by atoms with Crippen LogP contribution < -0.4 is 20.1 Å². The number of nitrogens with zero attached hydrogens (tertiary/aromatic N) is 4. The number of ether oxygens (including phenoxy) is 2. The van der Waals surface area contributed by atoms with Crippen molar-refractivity contribution in [2.24, 2.45) is 12.0 Å². The number of guanidine groups is 1. The summed E-state index contributed by atoms with van der Waals surface area (Å²) in [5.41, 5.74) is 1.23. The Morgan fingerprint density at radius 3 is 2.58 bits per heavy atom. The number of rotatable bonds is 13. The Morgan fingerprint density at radius 1 is 1.16 bits per heavy atom. The Labute approximate surface area is 190 Å². The number of benzene rings is 1. The van der Waals surface area contributed by atoms with Crippen molar-refractivity contribution in [3.8, 4) is 11.5 Å². The molecule has 2 N–H and O–H groups in total. The average molecular weight is 449 g/mol. The average Bonchev–Trinajstić information content (AvgIpc) is 3.10. The molecule has 0 radical (unpaired) electrons. The van der Waals surface area contributed by atoms with Gasteiger partial charge in [-0.2, -0.15) is 11.8 Å². The van der Waals surface area contributed by atoms with Gasteiger partial charge in [-0.25, -0.2) is 4.99 Å². The first-order chi connectivity index (χ1) is 15.1. The number of methoxy groups -OCH3 is 1. The number of hydrogen-bond acceptors (Lipinski definition) is 6. The number of aliphatic imine (C=N–C) groups is 1. The van der Waals surface area contributed by atoms with E-state index in [1.165, 1.54) is 5.56 Å². The van der Waals surface area contributed by atoms with Gasteiger partial charge in [0.15, 0.2) is 23.3 Å². The van der Waals surface area contributed by atoms with Crippen molar-refractivity contribution in [1.29, 1.82) is 0 Å². The van der Waals surface area contributed by atoms with Crippen molar-refractivity contribution in [1.82, 2.24) is 25.4 Å². The molecule has 0 aliphatic rings. The highest BCUT2D eigenvalue weighted by atomic mass is 32.2. The molecule has 0 aliphatic carbocycles. The lowest BCUT2D eigenvalue weighted by Gasteiger charge is -2.13. The third-order valence-electron chi connectivity index (χ3n) is 4.84. The minimum absolute atomic E-state index is 0.491. The molecule has 31 heavy (non-hydrogen) atoms. The summed E-state index contributed by atoms with van der Waals surface area (Å²) in [6.07, 6.45) is 5.14. The zero-order chi connectivity index (χ0) is 22.5. The third kappa shape index (κ3) is 8.32. The molecule has 172 valence electrons. The molecule has 0 spiro atoms. The fourth-order valence-electron chi connectivity index (χ4n) is 2.98. The molecule has 0 amide bonds. The monoisotopic (exact) mass is 448 g/mol. The van der Waals surface area contributed by atoms with Gasteiger partial charge in [0.05, 0.1) is 13.7 Å². The summed E-state index contributed by atoms with van der Waals surface area (Å²) in [7, 11) is 3.63. The SMILES string of the molecule is CCOc1cc(CCCNC(=NCc2nnc(C)n2C)NCCCSC)ccc1OC. The van der Waals surface area contributed by atoms with E-state index >= 15 is 0 Å². The highest BCUT2D eigenvalue weighted by Gasteiger charge is 2.07. The van der Waals surface area contributed by atoms with Crippen molar-refractivity contribution in [3.63, 3.8) is 0 Å². The van der Waals surface area contributed by atoms with Crippen LogP contribution in [-0.4, -0.2) is 59.5 Å². The van der Waals surface area contributed by atoms with Gasteiger partial charge in [-0.1, -0.05) is 6.07 Å². The first kappa shape index (κ1) is 24.8. The Kier molecular flexibility index (Phi) is 11.1. The molecule has 8 nitrogen and oxygen atoms in total. The van der Waals surface area contributed by atoms with E-state index < -0.39 is 0 Å². The van der Waals surface area contributed by atoms with Crippen LogP contribution in [0.15, 0.2) is 23.2 Å². The van der Waals surface area contributed by atoms with Gasteiger partial charge in [0.25, 0.3) is 0 Å². The molecule has 1 aromatic carbocycles. The lowest BCUT2D eigenvalue weighted by Crippen LogP contribution is -2.38. The molecule has 2 rings (SSSR count). The van der Waals surface area contributed by atoms with Crippen LogP contribution in [0, 0.1) is 6.92 Å². The summed E-state index contributed by atoms with van der Waals surface area (Å²) in [4.78, 5) is 4.70. The van der Waals surface area contributed by atoms with Crippen LogP contribution >= 0.6 is 11.8 Å². The zero-order valence-corrected chi connectivity index (χ0v) is 20.2. The Hall–Kier alpha value is -2.42. The van der Waals surface area contributed by atoms with Crippen molar-refractivity contribution in [2.75, 3.05) is 38.8 Å². The molecule has 0 atom stereocenters. The van der Waals surface area contributed by atoms with Gasteiger partial charge in [0.1, 0.15) is 12.4 Å². The molecule has 0 fully saturated rings. The van der Waals surface area contributed by atoms with Crippen LogP contribution in [0.5, 0.6) is 11.5 Å². The molecule has 0 bridgehead atoms. The van der Waals surface area contributed by atoms with E-state index in [0.717, 1.165) is 67.2 Å². The molecule has 2 aromatic rings. The zero-order valence-electron chi connectivity index (χ0n) is 19.4. The van der Waals surface area contributed by atoms with Gasteiger partial charge in [0, 0.05) is 20.1 Å². The number of nitrogens with one attached hydrogen (secondary N) is 2. The van der Waals surface area contributed by atoms with E-state index in [-0.39, 0.29) is 0 Å². The second kappa shape index (κ2) is 13.8. The minimum Gasteiger partial charge on any atom is -0.493 e. The number of thioether (sulfide) groups is 1. The second-order valence-corrected chi connectivity index (χ2v) is 8.09. The van der Waals surface area contributed by atoms with E-state index in [1.54, 1.807) is 7.11 Å². The van der Waals surface area contributed by atoms with Gasteiger partial charge in [-0.05, 0) is 62.8 Å². The standard InChI is InChI=1S/C22H36N6O2S/c1-6-30-20-15-18(10-11-19(20)29-4)9-7-12-23-22(24-13-8-14-31-5)25-16-21-27-26-17(2)28(21)3/h10-11,15H,6-9,12-14,16H2,1-5H3,(H2,23,24,25). The van der Waals surface area contributed by atoms with Crippen molar-refractivity contribution < 1.29 is 9.47 Å². The highest BCUT2D eigenvalue weighted by Crippen LogP contribution is 2.28. The first-order valence-electron chi connectivity index (χ1n) is 10.7. The number of aryl methyl sites for hydroxylation is 2. The lowest BCUT2D eigenvalue weighted by molar-refractivity contribution is 0.310. The summed E-state index contributed by atoms with van der Waals surface area (Å²) in [6.45, 7) is 6.74. The maximum absolute atomic E-state index is 5.68. The molecular weight excluding hydrogens is 412 g/mol. The van der Waals surface area contributed by atoms with Gasteiger partial charge in [0.2, 0.25) is 0 Å². The molecule has 1 aromatic heterocycles. The van der Waals surface area contributed by atoms with E-state index in [2.05, 4.69) is 39.2 Å². The largest absolute Gasteiger partial charge is 0.493 e. The molecule has 0 saturated heterocycles. The molecular formula is C22H36N6O2S. The van der Waals surface area contributed by atoms with Crippen molar-refractivity contribution in [2.45, 2.75) is 39.7 Å². The third-order valence-corrected chi connectivity index (χ3v) is 5.54. The predicted octanol–water partition coefficient (Wildman–Crippen LogP) is 2.95. The lowest BCUT2D eigenvalue weighted by atomic mass is 10.1. The fourth-order valence-corrected chi connectivity index (χ4v) is 3.41. The van der Waals surface area contributed by atoms with Gasteiger partial charge in [-0.3, -0.25) is 0 Å². The Bertz CT molecular complexity index is 824. The second-order valence-electron chi connectivity index (χ2n) is 7.11. The van der Waals surface area contributed by atoms with E-state index in [0.29, 0.717) is 13.2 Å². The van der Waals surface area contributed by atoms with Crippen LogP contribution in [0.2, 0.25) is 0 Å². The molecule has 1 heterocycles. The smallest absolute Gasteiger partial charge is 0.191 e. The van der Waals surface area contributed by atoms with Crippen LogP contribution in [0.4, 0.5) is 0 Å². The Morgan fingerprint density at radius 2 is 1.94 bits per heavy atom. The van der Waals surface area contributed by atoms with E-state index in [9.17, 15) is 0 Å². The first-order valence-corrected chi connectivity index (χ1v) is 12.1.